The number of rotatable bonds is 7. The number of β-amino-alcohol motifs (C(OH)–C–C–N with tert-alkyl or cyclic N) is 1. The summed E-state index contributed by atoms with van der Waals surface area (Å²) in [7, 11) is 0. The van der Waals surface area contributed by atoms with Crippen molar-refractivity contribution in [2.24, 2.45) is 0 Å². The zero-order valence-electron chi connectivity index (χ0n) is 10.2. The molecule has 0 unspecified atom stereocenters. The number of aliphatic hydroxyl groups excluding tert-OH is 2. The van der Waals surface area contributed by atoms with E-state index in [9.17, 15) is 4.79 Å². The molecule has 1 aliphatic heterocycles. The Kier molecular flexibility index (Phi) is 5.84. The number of piperazine rings is 1. The Morgan fingerprint density at radius 1 is 1.12 bits per heavy atom. The molecule has 0 aromatic carbocycles. The van der Waals surface area contributed by atoms with Gasteiger partial charge in [-0.1, -0.05) is 0 Å². The number of hydrogen-bond acceptors (Lipinski definition) is 4. The summed E-state index contributed by atoms with van der Waals surface area (Å²) < 4.78 is 0.685. The predicted molar refractivity (Wildman–Crippen MR) is 62.6 cm³/mol. The van der Waals surface area contributed by atoms with E-state index in [0.29, 0.717) is 24.1 Å². The highest BCUT2D eigenvalue weighted by molar-refractivity contribution is 5.66. The first-order valence-corrected chi connectivity index (χ1v) is 6.13. The molecule has 0 atom stereocenters. The van der Waals surface area contributed by atoms with E-state index in [2.05, 4.69) is 4.90 Å². The average Bonchev–Trinajstić information content (AvgIpc) is 2.30. The van der Waals surface area contributed by atoms with E-state index in [1.54, 1.807) is 0 Å². The Hall–Kier alpha value is -0.690. The molecule has 6 nitrogen and oxygen atoms in total. The third-order valence-electron chi connectivity index (χ3n) is 3.57. The maximum Gasteiger partial charge on any atom is 0.309 e. The van der Waals surface area contributed by atoms with Gasteiger partial charge in [-0.3, -0.25) is 9.69 Å². The highest BCUT2D eigenvalue weighted by atomic mass is 16.4. The van der Waals surface area contributed by atoms with Crippen LogP contribution in [0.1, 0.15) is 6.42 Å². The van der Waals surface area contributed by atoms with Gasteiger partial charge in [0.1, 0.15) is 6.54 Å². The predicted octanol–water partition coefficient (Wildman–Crippen LogP) is -1.42. The van der Waals surface area contributed by atoms with Crippen molar-refractivity contribution in [3.05, 3.63) is 0 Å². The van der Waals surface area contributed by atoms with Crippen LogP contribution in [0.25, 0.3) is 0 Å². The molecule has 0 aliphatic carbocycles. The standard InChI is InChI=1S/C11H22N2O4/c14-9-4-12-2-6-13(7-3-12,8-10-15)5-1-11(16)17/h14-15H,1-10H2/p+1. The smallest absolute Gasteiger partial charge is 0.309 e. The van der Waals surface area contributed by atoms with Gasteiger partial charge >= 0.3 is 5.97 Å². The van der Waals surface area contributed by atoms with Crippen molar-refractivity contribution >= 4 is 5.97 Å². The van der Waals surface area contributed by atoms with E-state index < -0.39 is 5.97 Å². The molecule has 0 aromatic heterocycles. The lowest BCUT2D eigenvalue weighted by Crippen LogP contribution is -2.61. The fourth-order valence-corrected chi connectivity index (χ4v) is 2.40. The number of aliphatic hydroxyl groups is 2. The summed E-state index contributed by atoms with van der Waals surface area (Å²) in [5, 5.41) is 26.7. The summed E-state index contributed by atoms with van der Waals surface area (Å²) in [5.74, 6) is -0.779. The van der Waals surface area contributed by atoms with Crippen molar-refractivity contribution < 1.29 is 24.6 Å². The Labute approximate surface area is 102 Å². The Bertz CT molecular complexity index is 240. The van der Waals surface area contributed by atoms with Crippen molar-refractivity contribution in [1.29, 1.82) is 0 Å². The summed E-state index contributed by atoms with van der Waals surface area (Å²) in [6, 6.07) is 0. The van der Waals surface area contributed by atoms with Gasteiger partial charge in [-0.15, -0.1) is 0 Å². The largest absolute Gasteiger partial charge is 0.481 e. The van der Waals surface area contributed by atoms with Crippen LogP contribution in [-0.4, -0.2) is 89.7 Å². The fourth-order valence-electron chi connectivity index (χ4n) is 2.40. The first kappa shape index (κ1) is 14.4. The molecule has 6 heteroatoms. The summed E-state index contributed by atoms with van der Waals surface area (Å²) >= 11 is 0. The van der Waals surface area contributed by atoms with Gasteiger partial charge < -0.3 is 19.8 Å². The number of carboxylic acid groups (broad SMARTS) is 1. The minimum atomic E-state index is -0.779. The van der Waals surface area contributed by atoms with E-state index in [1.165, 1.54) is 0 Å². The zero-order chi connectivity index (χ0) is 12.7. The van der Waals surface area contributed by atoms with Gasteiger partial charge in [-0.25, -0.2) is 0 Å². The summed E-state index contributed by atoms with van der Waals surface area (Å²) in [5.41, 5.74) is 0. The van der Waals surface area contributed by atoms with E-state index >= 15 is 0 Å². The van der Waals surface area contributed by atoms with Crippen molar-refractivity contribution in [3.63, 3.8) is 0 Å². The maximum atomic E-state index is 10.6. The molecule has 0 saturated carbocycles. The molecule has 17 heavy (non-hydrogen) atoms. The highest BCUT2D eigenvalue weighted by Gasteiger charge is 2.32. The molecule has 100 valence electrons. The molecule has 1 fully saturated rings. The molecular weight excluding hydrogens is 224 g/mol. The maximum absolute atomic E-state index is 10.6. The highest BCUT2D eigenvalue weighted by Crippen LogP contribution is 2.13. The lowest BCUT2D eigenvalue weighted by molar-refractivity contribution is -0.931. The molecule has 1 heterocycles. The number of quaternary nitrogens is 1. The lowest BCUT2D eigenvalue weighted by Gasteiger charge is -2.44. The number of nitrogens with zero attached hydrogens (tertiary/aromatic N) is 2. The van der Waals surface area contributed by atoms with Gasteiger partial charge in [0, 0.05) is 19.6 Å². The third kappa shape index (κ3) is 4.59. The molecule has 0 aromatic rings. The first-order valence-electron chi connectivity index (χ1n) is 6.13. The van der Waals surface area contributed by atoms with Gasteiger partial charge in [0.15, 0.2) is 0 Å². The van der Waals surface area contributed by atoms with E-state index in [1.807, 2.05) is 0 Å². The van der Waals surface area contributed by atoms with Crippen LogP contribution in [-0.2, 0) is 4.79 Å². The van der Waals surface area contributed by atoms with E-state index in [0.717, 1.165) is 26.2 Å². The lowest BCUT2D eigenvalue weighted by atomic mass is 10.2. The Morgan fingerprint density at radius 3 is 2.24 bits per heavy atom. The second-order valence-corrected chi connectivity index (χ2v) is 4.67. The zero-order valence-corrected chi connectivity index (χ0v) is 10.2. The number of hydrogen-bond donors (Lipinski definition) is 3. The molecule has 0 spiro atoms. The third-order valence-corrected chi connectivity index (χ3v) is 3.57. The second-order valence-electron chi connectivity index (χ2n) is 4.67. The minimum absolute atomic E-state index is 0.0968. The molecule has 1 saturated heterocycles. The number of aliphatic carboxylic acids is 1. The van der Waals surface area contributed by atoms with E-state index in [4.69, 9.17) is 15.3 Å². The Balaban J connectivity index is 2.47. The molecule has 0 radical (unpaired) electrons. The minimum Gasteiger partial charge on any atom is -0.481 e. The van der Waals surface area contributed by atoms with Crippen LogP contribution in [0.5, 0.6) is 0 Å². The van der Waals surface area contributed by atoms with Crippen LogP contribution >= 0.6 is 0 Å². The Morgan fingerprint density at radius 2 is 1.76 bits per heavy atom. The van der Waals surface area contributed by atoms with Crippen molar-refractivity contribution in [2.45, 2.75) is 6.42 Å². The first-order chi connectivity index (χ1) is 8.12. The quantitative estimate of drug-likeness (QED) is 0.481. The van der Waals surface area contributed by atoms with E-state index in [-0.39, 0.29) is 19.6 Å². The molecule has 1 rings (SSSR count). The van der Waals surface area contributed by atoms with Gasteiger partial charge in [0.2, 0.25) is 0 Å². The van der Waals surface area contributed by atoms with Crippen LogP contribution in [0.4, 0.5) is 0 Å². The van der Waals surface area contributed by atoms with Crippen molar-refractivity contribution in [1.82, 2.24) is 4.90 Å². The molecule has 0 amide bonds. The SMILES string of the molecule is O=C(O)CC[N+]1(CCO)CCN(CCO)CC1. The normalized spacial score (nSPS) is 20.4. The van der Waals surface area contributed by atoms with Crippen LogP contribution in [0.3, 0.4) is 0 Å². The molecular formula is C11H23N2O4+. The summed E-state index contributed by atoms with van der Waals surface area (Å²) in [6.45, 7) is 5.58. The topological polar surface area (TPSA) is 81.0 Å². The number of carboxylic acids is 1. The van der Waals surface area contributed by atoms with Crippen LogP contribution in [0.2, 0.25) is 0 Å². The summed E-state index contributed by atoms with van der Waals surface area (Å²) in [6.07, 6.45) is 0.153. The summed E-state index contributed by atoms with van der Waals surface area (Å²) in [4.78, 5) is 12.8. The number of carbonyl (C=O) groups is 1. The van der Waals surface area contributed by atoms with Crippen LogP contribution < -0.4 is 0 Å². The van der Waals surface area contributed by atoms with Crippen LogP contribution in [0.15, 0.2) is 0 Å². The van der Waals surface area contributed by atoms with Gasteiger partial charge in [0.05, 0.1) is 39.3 Å². The molecule has 3 N–H and O–H groups in total. The molecule has 1 aliphatic rings. The van der Waals surface area contributed by atoms with Crippen molar-refractivity contribution in [2.75, 3.05) is 59.0 Å². The second kappa shape index (κ2) is 6.90. The van der Waals surface area contributed by atoms with Gasteiger partial charge in [0.25, 0.3) is 0 Å². The van der Waals surface area contributed by atoms with Crippen molar-refractivity contribution in [3.8, 4) is 0 Å². The van der Waals surface area contributed by atoms with Gasteiger partial charge in [-0.2, -0.15) is 0 Å². The average molecular weight is 247 g/mol. The molecule has 0 bridgehead atoms. The van der Waals surface area contributed by atoms with Crippen LogP contribution in [0, 0.1) is 0 Å². The fraction of sp³-hybridized carbons (Fsp3) is 0.909. The van der Waals surface area contributed by atoms with Gasteiger partial charge in [-0.05, 0) is 0 Å². The monoisotopic (exact) mass is 247 g/mol.